The van der Waals surface area contributed by atoms with Crippen LogP contribution in [0, 0.1) is 5.92 Å². The molecule has 0 N–H and O–H groups in total. The third kappa shape index (κ3) is 3.96. The van der Waals surface area contributed by atoms with Crippen LogP contribution in [-0.2, 0) is 11.2 Å². The summed E-state index contributed by atoms with van der Waals surface area (Å²) >= 11 is 3.33. The van der Waals surface area contributed by atoms with Gasteiger partial charge in [-0.15, -0.1) is 22.7 Å². The van der Waals surface area contributed by atoms with Crippen molar-refractivity contribution in [2.45, 2.75) is 45.6 Å². The third-order valence-corrected chi connectivity index (χ3v) is 5.80. The molecule has 3 rings (SSSR count). The van der Waals surface area contributed by atoms with E-state index in [0.29, 0.717) is 18.4 Å². The molecule has 1 aliphatic rings. The molecule has 0 unspecified atom stereocenters. The average Bonchev–Trinajstić information content (AvgIpc) is 2.99. The van der Waals surface area contributed by atoms with Gasteiger partial charge in [-0.2, -0.15) is 0 Å². The first-order chi connectivity index (χ1) is 10.6. The predicted octanol–water partition coefficient (Wildman–Crippen LogP) is 4.45. The van der Waals surface area contributed by atoms with Gasteiger partial charge in [0.05, 0.1) is 17.0 Å². The average molecular weight is 335 g/mol. The van der Waals surface area contributed by atoms with Crippen LogP contribution in [0.5, 0.6) is 0 Å². The Morgan fingerprint density at radius 2 is 2.23 bits per heavy atom. The number of thiazole rings is 1. The van der Waals surface area contributed by atoms with Gasteiger partial charge < -0.3 is 4.90 Å². The highest BCUT2D eigenvalue weighted by Crippen LogP contribution is 2.30. The van der Waals surface area contributed by atoms with Crippen LogP contribution < -0.4 is 0 Å². The first-order valence-electron chi connectivity index (χ1n) is 7.91. The molecule has 2 aromatic rings. The lowest BCUT2D eigenvalue weighted by Gasteiger charge is -2.23. The van der Waals surface area contributed by atoms with Crippen molar-refractivity contribution in [2.75, 3.05) is 6.54 Å². The van der Waals surface area contributed by atoms with E-state index in [1.54, 1.807) is 22.7 Å². The van der Waals surface area contributed by atoms with Crippen LogP contribution >= 0.6 is 22.7 Å². The van der Waals surface area contributed by atoms with E-state index in [1.165, 1.54) is 17.7 Å². The molecular formula is C17H22N2OS2. The molecule has 22 heavy (non-hydrogen) atoms. The fraction of sp³-hybridized carbons (Fsp3) is 0.529. The molecule has 3 nitrogen and oxygen atoms in total. The molecule has 0 spiro atoms. The molecule has 0 aliphatic heterocycles. The number of amides is 1. The van der Waals surface area contributed by atoms with Crippen LogP contribution in [0.1, 0.15) is 38.8 Å². The van der Waals surface area contributed by atoms with Gasteiger partial charge in [-0.3, -0.25) is 4.79 Å². The van der Waals surface area contributed by atoms with Crippen molar-refractivity contribution in [3.8, 4) is 9.88 Å². The van der Waals surface area contributed by atoms with E-state index >= 15 is 0 Å². The molecule has 2 aromatic heterocycles. The Morgan fingerprint density at radius 1 is 1.41 bits per heavy atom. The highest BCUT2D eigenvalue weighted by Gasteiger charge is 2.32. The maximum absolute atomic E-state index is 12.6. The number of thiophene rings is 1. The highest BCUT2D eigenvalue weighted by molar-refractivity contribution is 7.20. The molecular weight excluding hydrogens is 312 g/mol. The van der Waals surface area contributed by atoms with Crippen LogP contribution in [0.3, 0.4) is 0 Å². The number of aromatic nitrogens is 1. The van der Waals surface area contributed by atoms with E-state index in [9.17, 15) is 4.79 Å². The van der Waals surface area contributed by atoms with Crippen molar-refractivity contribution >= 4 is 28.6 Å². The van der Waals surface area contributed by atoms with E-state index in [2.05, 4.69) is 35.2 Å². The summed E-state index contributed by atoms with van der Waals surface area (Å²) in [5.74, 6) is 0.880. The molecule has 0 atom stereocenters. The van der Waals surface area contributed by atoms with E-state index < -0.39 is 0 Å². The minimum absolute atomic E-state index is 0.242. The second-order valence-corrected chi connectivity index (χ2v) is 8.10. The normalized spacial score (nSPS) is 14.5. The van der Waals surface area contributed by atoms with Gasteiger partial charge in [0.2, 0.25) is 5.91 Å². The summed E-state index contributed by atoms with van der Waals surface area (Å²) in [6, 6.07) is 4.60. The summed E-state index contributed by atoms with van der Waals surface area (Å²) in [4.78, 5) is 20.5. The summed E-state index contributed by atoms with van der Waals surface area (Å²) in [5, 5.41) is 5.11. The lowest BCUT2D eigenvalue weighted by Crippen LogP contribution is -2.35. The topological polar surface area (TPSA) is 33.2 Å². The zero-order chi connectivity index (χ0) is 15.5. The maximum Gasteiger partial charge on any atom is 0.228 e. The Morgan fingerprint density at radius 3 is 2.86 bits per heavy atom. The molecule has 0 bridgehead atoms. The van der Waals surface area contributed by atoms with Gasteiger partial charge in [0.1, 0.15) is 5.01 Å². The van der Waals surface area contributed by atoms with Gasteiger partial charge in [-0.25, -0.2) is 4.98 Å². The fourth-order valence-corrected chi connectivity index (χ4v) is 4.09. The monoisotopic (exact) mass is 334 g/mol. The second kappa shape index (κ2) is 6.92. The molecule has 5 heteroatoms. The number of nitrogens with zero attached hydrogens (tertiary/aromatic N) is 2. The first kappa shape index (κ1) is 15.7. The van der Waals surface area contributed by atoms with Gasteiger partial charge in [0.25, 0.3) is 0 Å². The zero-order valence-corrected chi connectivity index (χ0v) is 14.8. The molecule has 0 radical (unpaired) electrons. The maximum atomic E-state index is 12.6. The zero-order valence-electron chi connectivity index (χ0n) is 13.1. The van der Waals surface area contributed by atoms with E-state index in [-0.39, 0.29) is 5.91 Å². The number of carbonyl (C=O) groups is 1. The SMILES string of the molecule is CC(C)CCN(C(=O)Cc1csc(-c2cccs2)n1)C1CC1. The predicted molar refractivity (Wildman–Crippen MR) is 93.3 cm³/mol. The summed E-state index contributed by atoms with van der Waals surface area (Å²) < 4.78 is 0. The van der Waals surface area contributed by atoms with Crippen molar-refractivity contribution in [3.05, 3.63) is 28.6 Å². The standard InChI is InChI=1S/C17H22N2OS2/c1-12(2)7-8-19(14-5-6-14)16(20)10-13-11-22-17(18-13)15-4-3-9-21-15/h3-4,9,11-12,14H,5-8,10H2,1-2H3. The van der Waals surface area contributed by atoms with Gasteiger partial charge >= 0.3 is 0 Å². The molecule has 1 aliphatic carbocycles. The Bertz CT molecular complexity index is 614. The van der Waals surface area contributed by atoms with Crippen molar-refractivity contribution < 1.29 is 4.79 Å². The largest absolute Gasteiger partial charge is 0.339 e. The number of hydrogen-bond acceptors (Lipinski definition) is 4. The summed E-state index contributed by atoms with van der Waals surface area (Å²) in [7, 11) is 0. The molecule has 2 heterocycles. The van der Waals surface area contributed by atoms with Crippen molar-refractivity contribution in [3.63, 3.8) is 0 Å². The van der Waals surface area contributed by atoms with Gasteiger partial charge in [-0.1, -0.05) is 19.9 Å². The first-order valence-corrected chi connectivity index (χ1v) is 9.67. The lowest BCUT2D eigenvalue weighted by molar-refractivity contribution is -0.131. The Labute approximate surface area is 140 Å². The van der Waals surface area contributed by atoms with Crippen LogP contribution in [0.15, 0.2) is 22.9 Å². The highest BCUT2D eigenvalue weighted by atomic mass is 32.1. The molecule has 118 valence electrons. The number of hydrogen-bond donors (Lipinski definition) is 0. The minimum Gasteiger partial charge on any atom is -0.339 e. The van der Waals surface area contributed by atoms with E-state index in [4.69, 9.17) is 0 Å². The summed E-state index contributed by atoms with van der Waals surface area (Å²) in [5.41, 5.74) is 0.911. The molecule has 1 fully saturated rings. The summed E-state index contributed by atoms with van der Waals surface area (Å²) in [6.45, 7) is 5.32. The van der Waals surface area contributed by atoms with E-state index in [0.717, 1.165) is 23.7 Å². The van der Waals surface area contributed by atoms with Crippen molar-refractivity contribution in [1.82, 2.24) is 9.88 Å². The molecule has 1 amide bonds. The second-order valence-electron chi connectivity index (χ2n) is 6.30. The summed E-state index contributed by atoms with van der Waals surface area (Å²) in [6.07, 6.45) is 3.86. The Hall–Kier alpha value is -1.20. The van der Waals surface area contributed by atoms with Gasteiger partial charge in [0.15, 0.2) is 0 Å². The van der Waals surface area contributed by atoms with Crippen molar-refractivity contribution in [1.29, 1.82) is 0 Å². The fourth-order valence-electron chi connectivity index (χ4n) is 2.45. The third-order valence-electron chi connectivity index (χ3n) is 3.87. The number of carbonyl (C=O) groups excluding carboxylic acids is 1. The molecule has 1 saturated carbocycles. The van der Waals surface area contributed by atoms with E-state index in [1.807, 2.05) is 11.4 Å². The number of rotatable bonds is 7. The van der Waals surface area contributed by atoms with Crippen molar-refractivity contribution in [2.24, 2.45) is 5.92 Å². The molecule has 0 aromatic carbocycles. The van der Waals surface area contributed by atoms with Crippen LogP contribution in [0.25, 0.3) is 9.88 Å². The quantitative estimate of drug-likeness (QED) is 0.749. The Balaban J connectivity index is 1.62. The van der Waals surface area contributed by atoms with Gasteiger partial charge in [0, 0.05) is 18.0 Å². The lowest BCUT2D eigenvalue weighted by atomic mass is 10.1. The smallest absolute Gasteiger partial charge is 0.228 e. The van der Waals surface area contributed by atoms with Gasteiger partial charge in [-0.05, 0) is 36.6 Å². The van der Waals surface area contributed by atoms with Crippen LogP contribution in [0.4, 0.5) is 0 Å². The minimum atomic E-state index is 0.242. The molecule has 0 saturated heterocycles. The Kier molecular flexibility index (Phi) is 4.93. The van der Waals surface area contributed by atoms with Crippen LogP contribution in [-0.4, -0.2) is 28.4 Å². The van der Waals surface area contributed by atoms with Crippen LogP contribution in [0.2, 0.25) is 0 Å².